The smallest absolute Gasteiger partial charge is 0.471 e. The number of carbonyl (C=O) groups is 2. The van der Waals surface area contributed by atoms with Crippen molar-refractivity contribution < 1.29 is 27.9 Å². The molecule has 0 aliphatic rings. The van der Waals surface area contributed by atoms with Crippen molar-refractivity contribution in [1.29, 1.82) is 0 Å². The predicted molar refractivity (Wildman–Crippen MR) is 59.0 cm³/mol. The molecule has 0 saturated heterocycles. The number of nitrogens with zero attached hydrogens (tertiary/aromatic N) is 1. The van der Waals surface area contributed by atoms with Crippen LogP contribution in [0.4, 0.5) is 13.2 Å². The summed E-state index contributed by atoms with van der Waals surface area (Å²) in [7, 11) is 0. The molecule has 0 aromatic rings. The van der Waals surface area contributed by atoms with Gasteiger partial charge in [0.05, 0.1) is 5.92 Å². The largest absolute Gasteiger partial charge is 0.481 e. The number of carboxylic acids is 1. The first kappa shape index (κ1) is 16.7. The Labute approximate surface area is 104 Å². The highest BCUT2D eigenvalue weighted by atomic mass is 19.4. The molecule has 0 bridgehead atoms. The molecule has 1 amide bonds. The zero-order chi connectivity index (χ0) is 14.3. The van der Waals surface area contributed by atoms with E-state index in [1.807, 2.05) is 6.92 Å². The van der Waals surface area contributed by atoms with Gasteiger partial charge in [0.15, 0.2) is 0 Å². The van der Waals surface area contributed by atoms with Crippen LogP contribution in [-0.2, 0) is 9.59 Å². The fourth-order valence-corrected chi connectivity index (χ4v) is 1.42. The lowest BCUT2D eigenvalue weighted by Crippen LogP contribution is -2.44. The molecule has 7 heteroatoms. The van der Waals surface area contributed by atoms with Crippen LogP contribution in [0.5, 0.6) is 0 Å². The Morgan fingerprint density at radius 2 is 1.83 bits per heavy atom. The lowest BCUT2D eigenvalue weighted by molar-refractivity contribution is -0.186. The van der Waals surface area contributed by atoms with Crippen LogP contribution in [0.2, 0.25) is 0 Å². The number of aliphatic carboxylic acids is 1. The number of halogens is 3. The minimum atomic E-state index is -4.95. The van der Waals surface area contributed by atoms with E-state index in [9.17, 15) is 22.8 Å². The third-order valence-corrected chi connectivity index (χ3v) is 2.48. The van der Waals surface area contributed by atoms with Gasteiger partial charge in [-0.15, -0.1) is 0 Å². The van der Waals surface area contributed by atoms with Gasteiger partial charge in [0.25, 0.3) is 0 Å². The quantitative estimate of drug-likeness (QED) is 0.721. The van der Waals surface area contributed by atoms with Crippen LogP contribution in [0, 0.1) is 5.92 Å². The number of carbonyl (C=O) groups excluding carboxylic acids is 1. The van der Waals surface area contributed by atoms with Gasteiger partial charge in [0, 0.05) is 13.1 Å². The Bertz CT molecular complexity index is 292. The summed E-state index contributed by atoms with van der Waals surface area (Å²) in [5.74, 6) is -4.20. The molecule has 0 saturated carbocycles. The fraction of sp³-hybridized carbons (Fsp3) is 0.818. The van der Waals surface area contributed by atoms with Gasteiger partial charge in [0.2, 0.25) is 0 Å². The number of carboxylic acid groups (broad SMARTS) is 1. The maximum atomic E-state index is 12.3. The first-order valence-corrected chi connectivity index (χ1v) is 5.79. The number of hydrogen-bond acceptors (Lipinski definition) is 2. The van der Waals surface area contributed by atoms with E-state index in [1.165, 1.54) is 6.92 Å². The van der Waals surface area contributed by atoms with Gasteiger partial charge < -0.3 is 10.0 Å². The van der Waals surface area contributed by atoms with E-state index >= 15 is 0 Å². The van der Waals surface area contributed by atoms with Crippen molar-refractivity contribution in [2.75, 3.05) is 13.1 Å². The molecule has 1 atom stereocenters. The second-order valence-corrected chi connectivity index (χ2v) is 4.20. The molecular weight excluding hydrogens is 251 g/mol. The molecule has 1 unspecified atom stereocenters. The Balaban J connectivity index is 4.61. The van der Waals surface area contributed by atoms with Gasteiger partial charge in [-0.1, -0.05) is 26.7 Å². The minimum Gasteiger partial charge on any atom is -0.481 e. The number of rotatable bonds is 7. The van der Waals surface area contributed by atoms with Crippen LogP contribution in [0.1, 0.15) is 33.1 Å². The second kappa shape index (κ2) is 7.23. The maximum absolute atomic E-state index is 12.3. The van der Waals surface area contributed by atoms with Crippen molar-refractivity contribution in [1.82, 2.24) is 4.90 Å². The van der Waals surface area contributed by atoms with Crippen molar-refractivity contribution in [3.8, 4) is 0 Å². The third kappa shape index (κ3) is 5.88. The summed E-state index contributed by atoms with van der Waals surface area (Å²) in [5, 5.41) is 8.67. The van der Waals surface area contributed by atoms with Crippen molar-refractivity contribution >= 4 is 11.9 Å². The summed E-state index contributed by atoms with van der Waals surface area (Å²) in [6.07, 6.45) is -3.01. The number of unbranched alkanes of at least 4 members (excludes halogenated alkanes) is 2. The monoisotopic (exact) mass is 269 g/mol. The van der Waals surface area contributed by atoms with Gasteiger partial charge in [-0.05, 0) is 6.42 Å². The highest BCUT2D eigenvalue weighted by Gasteiger charge is 2.42. The molecule has 4 nitrogen and oxygen atoms in total. The molecule has 1 N–H and O–H groups in total. The van der Waals surface area contributed by atoms with Crippen LogP contribution in [-0.4, -0.2) is 41.1 Å². The predicted octanol–water partition coefficient (Wildman–Crippen LogP) is 2.29. The van der Waals surface area contributed by atoms with E-state index in [0.717, 1.165) is 6.42 Å². The molecular formula is C11H18F3NO3. The Kier molecular flexibility index (Phi) is 6.72. The first-order valence-electron chi connectivity index (χ1n) is 5.79. The minimum absolute atomic E-state index is 0.0657. The van der Waals surface area contributed by atoms with Crippen molar-refractivity contribution in [2.45, 2.75) is 39.3 Å². The van der Waals surface area contributed by atoms with Crippen molar-refractivity contribution in [3.63, 3.8) is 0 Å². The van der Waals surface area contributed by atoms with E-state index in [-0.39, 0.29) is 6.54 Å². The molecule has 0 fully saturated rings. The number of amides is 1. The van der Waals surface area contributed by atoms with Crippen LogP contribution in [0.3, 0.4) is 0 Å². The zero-order valence-corrected chi connectivity index (χ0v) is 10.5. The Morgan fingerprint density at radius 1 is 1.28 bits per heavy atom. The summed E-state index contributed by atoms with van der Waals surface area (Å²) in [5.41, 5.74) is 0. The molecule has 18 heavy (non-hydrogen) atoms. The topological polar surface area (TPSA) is 57.6 Å². The molecule has 0 aliphatic carbocycles. The Morgan fingerprint density at radius 3 is 2.22 bits per heavy atom. The molecule has 0 aromatic heterocycles. The standard InChI is InChI=1S/C11H18F3NO3/c1-3-4-5-6-15(7-8(2)9(16)17)10(18)11(12,13)14/h8H,3-7H2,1-2H3,(H,16,17). The van der Waals surface area contributed by atoms with Gasteiger partial charge >= 0.3 is 18.1 Å². The van der Waals surface area contributed by atoms with Gasteiger partial charge in [0.1, 0.15) is 0 Å². The molecule has 0 spiro atoms. The Hall–Kier alpha value is -1.27. The van der Waals surface area contributed by atoms with Crippen molar-refractivity contribution in [2.24, 2.45) is 5.92 Å². The summed E-state index contributed by atoms with van der Waals surface area (Å²) < 4.78 is 37.0. The molecule has 0 aliphatic heterocycles. The van der Waals surface area contributed by atoms with E-state index in [1.54, 1.807) is 0 Å². The van der Waals surface area contributed by atoms with Crippen molar-refractivity contribution in [3.05, 3.63) is 0 Å². The van der Waals surface area contributed by atoms with Crippen LogP contribution < -0.4 is 0 Å². The molecule has 0 heterocycles. The molecule has 0 aromatic carbocycles. The number of hydrogen-bond donors (Lipinski definition) is 1. The van der Waals surface area contributed by atoms with Crippen LogP contribution in [0.25, 0.3) is 0 Å². The second-order valence-electron chi connectivity index (χ2n) is 4.20. The highest BCUT2D eigenvalue weighted by molar-refractivity contribution is 5.82. The summed E-state index contributed by atoms with van der Waals surface area (Å²) >= 11 is 0. The van der Waals surface area contributed by atoms with E-state index in [2.05, 4.69) is 0 Å². The van der Waals surface area contributed by atoms with Crippen LogP contribution in [0.15, 0.2) is 0 Å². The van der Waals surface area contributed by atoms with E-state index in [0.29, 0.717) is 17.7 Å². The molecule has 106 valence electrons. The first-order chi connectivity index (χ1) is 8.20. The average molecular weight is 269 g/mol. The van der Waals surface area contributed by atoms with E-state index in [4.69, 9.17) is 5.11 Å². The van der Waals surface area contributed by atoms with E-state index < -0.39 is 30.5 Å². The summed E-state index contributed by atoms with van der Waals surface area (Å²) in [4.78, 5) is 22.3. The van der Waals surface area contributed by atoms with Gasteiger partial charge in [-0.3, -0.25) is 9.59 Å². The number of alkyl halides is 3. The fourth-order valence-electron chi connectivity index (χ4n) is 1.42. The summed E-state index contributed by atoms with van der Waals surface area (Å²) in [6, 6.07) is 0. The molecule has 0 radical (unpaired) electrons. The zero-order valence-electron chi connectivity index (χ0n) is 10.5. The SMILES string of the molecule is CCCCCN(CC(C)C(=O)O)C(=O)C(F)(F)F. The van der Waals surface area contributed by atoms with Gasteiger partial charge in [-0.2, -0.15) is 13.2 Å². The molecule has 0 rings (SSSR count). The van der Waals surface area contributed by atoms with Gasteiger partial charge in [-0.25, -0.2) is 0 Å². The summed E-state index contributed by atoms with van der Waals surface area (Å²) in [6.45, 7) is 2.68. The normalized spacial score (nSPS) is 13.2. The maximum Gasteiger partial charge on any atom is 0.471 e. The average Bonchev–Trinajstić information content (AvgIpc) is 2.25. The lowest BCUT2D eigenvalue weighted by Gasteiger charge is -2.25. The van der Waals surface area contributed by atoms with Crippen LogP contribution >= 0.6 is 0 Å². The highest BCUT2D eigenvalue weighted by Crippen LogP contribution is 2.20. The third-order valence-electron chi connectivity index (χ3n) is 2.48. The lowest BCUT2D eigenvalue weighted by atomic mass is 10.1.